The SMILES string of the molecule is CN=C(NCCN1C(=O)C2C3C=CC(C3)C2C1=O)NCC1CCCN(C)C1.I. The summed E-state index contributed by atoms with van der Waals surface area (Å²) in [5.74, 6) is 1.76. The summed E-state index contributed by atoms with van der Waals surface area (Å²) in [6.07, 6.45) is 7.73. The largest absolute Gasteiger partial charge is 0.356 e. The molecule has 1 saturated carbocycles. The minimum absolute atomic E-state index is 0. The van der Waals surface area contributed by atoms with Crippen molar-refractivity contribution in [2.24, 2.45) is 34.6 Å². The molecule has 2 bridgehead atoms. The summed E-state index contributed by atoms with van der Waals surface area (Å²) in [7, 11) is 3.92. The van der Waals surface area contributed by atoms with E-state index in [1.807, 2.05) is 0 Å². The van der Waals surface area contributed by atoms with E-state index in [4.69, 9.17) is 0 Å². The number of nitrogens with zero attached hydrogens (tertiary/aromatic N) is 3. The third-order valence-corrected chi connectivity index (χ3v) is 6.69. The standard InChI is InChI=1S/C20H31N5O2.HI/c1-21-20(23-11-13-4-3-8-24(2)12-13)22-7-9-25-18(26)16-14-5-6-15(10-14)17(16)19(25)27;/h5-6,13-17H,3-4,7-12H2,1-2H3,(H2,21,22,23);1H. The fourth-order valence-corrected chi connectivity index (χ4v) is 5.37. The van der Waals surface area contributed by atoms with Crippen molar-refractivity contribution in [3.63, 3.8) is 0 Å². The van der Waals surface area contributed by atoms with Crippen LogP contribution in [0.25, 0.3) is 0 Å². The van der Waals surface area contributed by atoms with Gasteiger partial charge in [-0.2, -0.15) is 0 Å². The molecule has 156 valence electrons. The number of guanidine groups is 1. The summed E-state index contributed by atoms with van der Waals surface area (Å²) in [4.78, 5) is 33.5. The monoisotopic (exact) mass is 501 g/mol. The molecule has 2 N–H and O–H groups in total. The van der Waals surface area contributed by atoms with Crippen molar-refractivity contribution in [1.29, 1.82) is 0 Å². The molecule has 0 aromatic heterocycles. The lowest BCUT2D eigenvalue weighted by Gasteiger charge is -2.30. The van der Waals surface area contributed by atoms with Gasteiger partial charge in [-0.3, -0.25) is 19.5 Å². The van der Waals surface area contributed by atoms with Gasteiger partial charge in [0.05, 0.1) is 11.8 Å². The van der Waals surface area contributed by atoms with Crippen LogP contribution in [-0.4, -0.2) is 74.4 Å². The summed E-state index contributed by atoms with van der Waals surface area (Å²) in [5.41, 5.74) is 0. The second-order valence-corrected chi connectivity index (χ2v) is 8.48. The number of amides is 2. The quantitative estimate of drug-likeness (QED) is 0.193. The highest BCUT2D eigenvalue weighted by molar-refractivity contribution is 14.0. The maximum atomic E-state index is 12.7. The number of carbonyl (C=O) groups is 2. The van der Waals surface area contributed by atoms with Crippen molar-refractivity contribution in [2.75, 3.05) is 46.8 Å². The number of piperidine rings is 1. The van der Waals surface area contributed by atoms with Crippen LogP contribution < -0.4 is 10.6 Å². The first kappa shape index (κ1) is 21.5. The number of aliphatic imine (C=N–C) groups is 1. The van der Waals surface area contributed by atoms with E-state index in [2.05, 4.69) is 39.7 Å². The van der Waals surface area contributed by atoms with Gasteiger partial charge in [-0.05, 0) is 50.6 Å². The van der Waals surface area contributed by atoms with E-state index in [0.717, 1.165) is 25.5 Å². The number of fused-ring (bicyclic) bond motifs is 5. The second kappa shape index (κ2) is 9.11. The second-order valence-electron chi connectivity index (χ2n) is 8.48. The molecule has 2 saturated heterocycles. The van der Waals surface area contributed by atoms with Crippen LogP contribution in [0.4, 0.5) is 0 Å². The number of imide groups is 1. The van der Waals surface area contributed by atoms with Crippen molar-refractivity contribution < 1.29 is 9.59 Å². The number of hydrogen-bond donors (Lipinski definition) is 2. The van der Waals surface area contributed by atoms with E-state index in [0.29, 0.717) is 19.0 Å². The van der Waals surface area contributed by atoms with Crippen LogP contribution in [0.3, 0.4) is 0 Å². The number of likely N-dealkylation sites (tertiary alicyclic amines) is 2. The summed E-state index contributed by atoms with van der Waals surface area (Å²) in [6.45, 7) is 4.13. The molecule has 7 nitrogen and oxygen atoms in total. The predicted molar refractivity (Wildman–Crippen MR) is 119 cm³/mol. The van der Waals surface area contributed by atoms with Gasteiger partial charge in [-0.1, -0.05) is 12.2 Å². The third kappa shape index (κ3) is 4.08. The molecule has 2 aliphatic heterocycles. The van der Waals surface area contributed by atoms with Gasteiger partial charge in [0.25, 0.3) is 0 Å². The molecular weight excluding hydrogens is 469 g/mol. The maximum absolute atomic E-state index is 12.7. The van der Waals surface area contributed by atoms with Crippen LogP contribution in [0, 0.1) is 29.6 Å². The van der Waals surface area contributed by atoms with Crippen molar-refractivity contribution >= 4 is 41.8 Å². The van der Waals surface area contributed by atoms with Gasteiger partial charge in [0.1, 0.15) is 0 Å². The van der Waals surface area contributed by atoms with Crippen LogP contribution >= 0.6 is 24.0 Å². The molecule has 0 radical (unpaired) electrons. The van der Waals surface area contributed by atoms with Crippen LogP contribution in [0.15, 0.2) is 17.1 Å². The number of carbonyl (C=O) groups excluding carboxylic acids is 2. The fraction of sp³-hybridized carbons (Fsp3) is 0.750. The summed E-state index contributed by atoms with van der Waals surface area (Å²) in [5, 5.41) is 6.64. The van der Waals surface area contributed by atoms with E-state index >= 15 is 0 Å². The Morgan fingerprint density at radius 1 is 1.18 bits per heavy atom. The van der Waals surface area contributed by atoms with E-state index in [1.165, 1.54) is 24.3 Å². The zero-order valence-electron chi connectivity index (χ0n) is 16.8. The normalized spacial score (nSPS) is 34.6. The van der Waals surface area contributed by atoms with E-state index in [-0.39, 0.29) is 59.5 Å². The Kier molecular flexibility index (Phi) is 7.01. The number of hydrogen-bond acceptors (Lipinski definition) is 4. The van der Waals surface area contributed by atoms with Crippen molar-refractivity contribution in [2.45, 2.75) is 19.3 Å². The minimum Gasteiger partial charge on any atom is -0.356 e. The van der Waals surface area contributed by atoms with Gasteiger partial charge in [0, 0.05) is 33.2 Å². The molecule has 2 heterocycles. The molecule has 4 aliphatic rings. The van der Waals surface area contributed by atoms with E-state index in [1.54, 1.807) is 7.05 Å². The summed E-state index contributed by atoms with van der Waals surface area (Å²) in [6, 6.07) is 0. The first-order valence-electron chi connectivity index (χ1n) is 10.2. The molecule has 4 rings (SSSR count). The Balaban J connectivity index is 0.00000225. The highest BCUT2D eigenvalue weighted by Gasteiger charge is 2.58. The average molecular weight is 501 g/mol. The lowest BCUT2D eigenvalue weighted by Crippen LogP contribution is -2.46. The molecule has 2 amide bonds. The third-order valence-electron chi connectivity index (χ3n) is 6.69. The smallest absolute Gasteiger partial charge is 0.233 e. The van der Waals surface area contributed by atoms with Gasteiger partial charge >= 0.3 is 0 Å². The van der Waals surface area contributed by atoms with Crippen LogP contribution in [-0.2, 0) is 9.59 Å². The molecule has 0 spiro atoms. The number of halogens is 1. The molecule has 0 aromatic rings. The Morgan fingerprint density at radius 3 is 2.46 bits per heavy atom. The maximum Gasteiger partial charge on any atom is 0.233 e. The Bertz CT molecular complexity index is 637. The zero-order chi connectivity index (χ0) is 19.0. The van der Waals surface area contributed by atoms with Gasteiger partial charge in [0.2, 0.25) is 11.8 Å². The minimum atomic E-state index is -0.103. The highest BCUT2D eigenvalue weighted by atomic mass is 127. The molecule has 8 heteroatoms. The number of allylic oxidation sites excluding steroid dienone is 2. The van der Waals surface area contributed by atoms with Gasteiger partial charge < -0.3 is 15.5 Å². The molecular formula is C20H32IN5O2. The van der Waals surface area contributed by atoms with Crippen molar-refractivity contribution in [1.82, 2.24) is 20.4 Å². The topological polar surface area (TPSA) is 77.0 Å². The van der Waals surface area contributed by atoms with Crippen molar-refractivity contribution in [3.8, 4) is 0 Å². The molecule has 5 atom stereocenters. The summed E-state index contributed by atoms with van der Waals surface area (Å²) < 4.78 is 0. The molecule has 3 fully saturated rings. The molecule has 28 heavy (non-hydrogen) atoms. The van der Waals surface area contributed by atoms with Crippen LogP contribution in [0.1, 0.15) is 19.3 Å². The molecule has 5 unspecified atom stereocenters. The Hall–Kier alpha value is -1.16. The number of nitrogens with one attached hydrogen (secondary N) is 2. The Labute approximate surface area is 184 Å². The zero-order valence-corrected chi connectivity index (χ0v) is 19.1. The first-order chi connectivity index (χ1) is 13.1. The Morgan fingerprint density at radius 2 is 1.86 bits per heavy atom. The van der Waals surface area contributed by atoms with Gasteiger partial charge in [-0.15, -0.1) is 24.0 Å². The predicted octanol–water partition coefficient (Wildman–Crippen LogP) is 0.918. The first-order valence-corrected chi connectivity index (χ1v) is 10.2. The van der Waals surface area contributed by atoms with Crippen LogP contribution in [0.5, 0.6) is 0 Å². The lowest BCUT2D eigenvalue weighted by atomic mass is 9.85. The van der Waals surface area contributed by atoms with Crippen LogP contribution in [0.2, 0.25) is 0 Å². The van der Waals surface area contributed by atoms with Gasteiger partial charge in [-0.25, -0.2) is 0 Å². The molecule has 2 aliphatic carbocycles. The number of rotatable bonds is 5. The van der Waals surface area contributed by atoms with Gasteiger partial charge in [0.15, 0.2) is 5.96 Å². The summed E-state index contributed by atoms with van der Waals surface area (Å²) >= 11 is 0. The molecule has 0 aromatic carbocycles. The van der Waals surface area contributed by atoms with Crippen molar-refractivity contribution in [3.05, 3.63) is 12.2 Å². The van der Waals surface area contributed by atoms with E-state index in [9.17, 15) is 9.59 Å². The average Bonchev–Trinajstić information content (AvgIpc) is 3.34. The highest BCUT2D eigenvalue weighted by Crippen LogP contribution is 2.52. The lowest BCUT2D eigenvalue weighted by molar-refractivity contribution is -0.140. The van der Waals surface area contributed by atoms with E-state index < -0.39 is 0 Å². The fourth-order valence-electron chi connectivity index (χ4n) is 5.37.